The summed E-state index contributed by atoms with van der Waals surface area (Å²) >= 11 is 1.51. The highest BCUT2D eigenvalue weighted by atomic mass is 32.2. The van der Waals surface area contributed by atoms with Crippen molar-refractivity contribution in [1.29, 1.82) is 5.26 Å². The molecule has 0 saturated heterocycles. The smallest absolute Gasteiger partial charge is 0.339 e. The number of nitriles is 1. The molecule has 0 saturated carbocycles. The maximum Gasteiger partial charge on any atom is 0.339 e. The van der Waals surface area contributed by atoms with Gasteiger partial charge in [-0.2, -0.15) is 5.26 Å². The van der Waals surface area contributed by atoms with E-state index in [1.165, 1.54) is 16.7 Å². The van der Waals surface area contributed by atoms with Crippen LogP contribution in [0, 0.1) is 11.3 Å². The molecule has 0 aliphatic rings. The molecule has 3 rings (SSSR count). The largest absolute Gasteiger partial charge is 0.452 e. The Morgan fingerprint density at radius 3 is 2.32 bits per heavy atom. The third kappa shape index (κ3) is 6.46. The van der Waals surface area contributed by atoms with E-state index in [2.05, 4.69) is 6.07 Å². The van der Waals surface area contributed by atoms with Crippen LogP contribution in [0.1, 0.15) is 27.0 Å². The Morgan fingerprint density at radius 2 is 1.61 bits per heavy atom. The van der Waals surface area contributed by atoms with Crippen LogP contribution < -0.4 is 0 Å². The fourth-order valence-electron chi connectivity index (χ4n) is 2.86. The summed E-state index contributed by atoms with van der Waals surface area (Å²) < 4.78 is 5.29. The summed E-state index contributed by atoms with van der Waals surface area (Å²) in [7, 11) is 1.69. The Hall–Kier alpha value is -3.56. The third-order valence-electron chi connectivity index (χ3n) is 4.60. The maximum atomic E-state index is 12.6. The van der Waals surface area contributed by atoms with E-state index >= 15 is 0 Å². The van der Waals surface area contributed by atoms with E-state index < -0.39 is 5.97 Å². The number of benzene rings is 3. The van der Waals surface area contributed by atoms with Crippen molar-refractivity contribution in [3.8, 4) is 6.07 Å². The minimum Gasteiger partial charge on any atom is -0.452 e. The first-order valence-corrected chi connectivity index (χ1v) is 10.7. The molecule has 1 amide bonds. The van der Waals surface area contributed by atoms with Crippen molar-refractivity contribution in [3.63, 3.8) is 0 Å². The quantitative estimate of drug-likeness (QED) is 0.384. The van der Waals surface area contributed by atoms with Crippen LogP contribution >= 0.6 is 11.8 Å². The van der Waals surface area contributed by atoms with Crippen LogP contribution in [0.2, 0.25) is 0 Å². The number of hydrogen-bond donors (Lipinski definition) is 0. The fourth-order valence-corrected chi connectivity index (χ4v) is 3.85. The van der Waals surface area contributed by atoms with Crippen LogP contribution in [0.5, 0.6) is 0 Å². The lowest BCUT2D eigenvalue weighted by Gasteiger charge is -2.17. The van der Waals surface area contributed by atoms with Crippen molar-refractivity contribution in [3.05, 3.63) is 101 Å². The molecule has 0 atom stereocenters. The first-order chi connectivity index (χ1) is 15.1. The number of carbonyl (C=O) groups is 2. The molecule has 3 aromatic rings. The highest BCUT2D eigenvalue weighted by molar-refractivity contribution is 7.98. The molecule has 0 unspecified atom stereocenters. The minimum absolute atomic E-state index is 0.264. The lowest BCUT2D eigenvalue weighted by molar-refractivity contribution is -0.133. The molecule has 0 bridgehead atoms. The molecule has 6 heteroatoms. The highest BCUT2D eigenvalue weighted by Crippen LogP contribution is 2.27. The molecule has 0 heterocycles. The second kappa shape index (κ2) is 11.0. The third-order valence-corrected chi connectivity index (χ3v) is 5.74. The topological polar surface area (TPSA) is 70.4 Å². The van der Waals surface area contributed by atoms with Gasteiger partial charge in [0.1, 0.15) is 0 Å². The first kappa shape index (κ1) is 22.1. The van der Waals surface area contributed by atoms with Gasteiger partial charge in [0.05, 0.1) is 17.2 Å². The lowest BCUT2D eigenvalue weighted by Crippen LogP contribution is -2.30. The number of thioether (sulfide) groups is 1. The van der Waals surface area contributed by atoms with Crippen LogP contribution in [0.4, 0.5) is 0 Å². The van der Waals surface area contributed by atoms with Gasteiger partial charge in [-0.25, -0.2) is 4.79 Å². The van der Waals surface area contributed by atoms with Crippen molar-refractivity contribution in [2.45, 2.75) is 17.2 Å². The Bertz CT molecular complexity index is 1080. The van der Waals surface area contributed by atoms with Gasteiger partial charge in [0, 0.05) is 24.2 Å². The molecule has 3 aromatic carbocycles. The van der Waals surface area contributed by atoms with Crippen LogP contribution in [-0.2, 0) is 21.8 Å². The zero-order valence-corrected chi connectivity index (χ0v) is 18.0. The predicted octanol–water partition coefficient (Wildman–Crippen LogP) is 4.67. The average molecular weight is 431 g/mol. The molecule has 0 aliphatic heterocycles. The van der Waals surface area contributed by atoms with Gasteiger partial charge in [-0.1, -0.05) is 54.6 Å². The second-order valence-corrected chi connectivity index (χ2v) is 7.92. The zero-order valence-electron chi connectivity index (χ0n) is 17.2. The molecule has 0 spiro atoms. The Kier molecular flexibility index (Phi) is 7.85. The van der Waals surface area contributed by atoms with E-state index in [1.54, 1.807) is 31.3 Å². The number of esters is 1. The second-order valence-electron chi connectivity index (χ2n) is 6.91. The van der Waals surface area contributed by atoms with Gasteiger partial charge in [-0.3, -0.25) is 4.79 Å². The van der Waals surface area contributed by atoms with E-state index in [0.29, 0.717) is 23.4 Å². The lowest BCUT2D eigenvalue weighted by atomic mass is 10.2. The van der Waals surface area contributed by atoms with Gasteiger partial charge < -0.3 is 9.64 Å². The van der Waals surface area contributed by atoms with Crippen LogP contribution in [0.3, 0.4) is 0 Å². The van der Waals surface area contributed by atoms with Crippen molar-refractivity contribution >= 4 is 23.6 Å². The van der Waals surface area contributed by atoms with E-state index in [9.17, 15) is 9.59 Å². The van der Waals surface area contributed by atoms with Gasteiger partial charge in [-0.05, 0) is 35.4 Å². The Morgan fingerprint density at radius 1 is 0.935 bits per heavy atom. The Balaban J connectivity index is 1.56. The number of rotatable bonds is 8. The molecule has 0 N–H and O–H groups in total. The number of ether oxygens (including phenoxy) is 1. The number of carbonyl (C=O) groups excluding carboxylic acids is 2. The molecular formula is C25H22N2O3S. The molecule has 0 fully saturated rings. The number of nitrogens with zero attached hydrogens (tertiary/aromatic N) is 2. The average Bonchev–Trinajstić information content (AvgIpc) is 2.82. The number of amides is 1. The highest BCUT2D eigenvalue weighted by Gasteiger charge is 2.16. The summed E-state index contributed by atoms with van der Waals surface area (Å²) in [5.74, 6) is -0.140. The van der Waals surface area contributed by atoms with Crippen molar-refractivity contribution in [1.82, 2.24) is 4.90 Å². The molecule has 0 aromatic heterocycles. The van der Waals surface area contributed by atoms with E-state index in [-0.39, 0.29) is 12.5 Å². The minimum atomic E-state index is -0.524. The van der Waals surface area contributed by atoms with Crippen molar-refractivity contribution in [2.24, 2.45) is 0 Å². The molecule has 0 radical (unpaired) electrons. The summed E-state index contributed by atoms with van der Waals surface area (Å²) in [6.07, 6.45) is 0. The molecular weight excluding hydrogens is 408 g/mol. The van der Waals surface area contributed by atoms with Gasteiger partial charge in [0.25, 0.3) is 5.91 Å². The summed E-state index contributed by atoms with van der Waals surface area (Å²) in [6.45, 7) is 0.144. The Labute approximate surface area is 186 Å². The van der Waals surface area contributed by atoms with Crippen molar-refractivity contribution < 1.29 is 14.3 Å². The number of hydrogen-bond acceptors (Lipinski definition) is 5. The maximum absolute atomic E-state index is 12.6. The predicted molar refractivity (Wildman–Crippen MR) is 120 cm³/mol. The molecule has 31 heavy (non-hydrogen) atoms. The monoisotopic (exact) mass is 430 g/mol. The normalized spacial score (nSPS) is 10.2. The molecule has 5 nitrogen and oxygen atoms in total. The van der Waals surface area contributed by atoms with Gasteiger partial charge in [-0.15, -0.1) is 11.8 Å². The summed E-state index contributed by atoms with van der Waals surface area (Å²) in [5, 5.41) is 8.90. The van der Waals surface area contributed by atoms with Crippen LogP contribution in [-0.4, -0.2) is 30.4 Å². The summed E-state index contributed by atoms with van der Waals surface area (Å²) in [4.78, 5) is 27.3. The van der Waals surface area contributed by atoms with Gasteiger partial charge in [0.15, 0.2) is 6.61 Å². The molecule has 0 aliphatic carbocycles. The summed E-state index contributed by atoms with van der Waals surface area (Å²) in [5.41, 5.74) is 3.10. The van der Waals surface area contributed by atoms with Gasteiger partial charge in [0.2, 0.25) is 0 Å². The first-order valence-electron chi connectivity index (χ1n) is 9.72. The van der Waals surface area contributed by atoms with Gasteiger partial charge >= 0.3 is 5.97 Å². The standard InChI is InChI=1S/C25H22N2O3S/c1-27(16-20-7-3-2-4-8-20)24(28)17-30-25(29)22-9-5-6-10-23(22)31-18-21-13-11-19(15-26)12-14-21/h2-14H,16-18H2,1H3. The SMILES string of the molecule is CN(Cc1ccccc1)C(=O)COC(=O)c1ccccc1SCc1ccc(C#N)cc1. The zero-order chi connectivity index (χ0) is 22.1. The van der Waals surface area contributed by atoms with E-state index in [1.807, 2.05) is 54.6 Å². The number of likely N-dealkylation sites (N-methyl/N-ethyl adjacent to an activating group) is 1. The van der Waals surface area contributed by atoms with E-state index in [4.69, 9.17) is 10.00 Å². The van der Waals surface area contributed by atoms with Crippen LogP contribution in [0.25, 0.3) is 0 Å². The van der Waals surface area contributed by atoms with Crippen LogP contribution in [0.15, 0.2) is 83.8 Å². The summed E-state index contributed by atoms with van der Waals surface area (Å²) in [6, 6.07) is 26.2. The van der Waals surface area contributed by atoms with E-state index in [0.717, 1.165) is 16.0 Å². The van der Waals surface area contributed by atoms with Crippen molar-refractivity contribution in [2.75, 3.05) is 13.7 Å². The molecule has 156 valence electrons. The fraction of sp³-hybridized carbons (Fsp3) is 0.160.